The molecule has 0 atom stereocenters. The molecule has 1 aromatic carbocycles. The van der Waals surface area contributed by atoms with Crippen molar-refractivity contribution in [3.05, 3.63) is 37.0 Å². The highest BCUT2D eigenvalue weighted by Crippen LogP contribution is 2.45. The summed E-state index contributed by atoms with van der Waals surface area (Å²) in [5.41, 5.74) is 1.12. The molecule has 3 nitrogen and oxygen atoms in total. The summed E-state index contributed by atoms with van der Waals surface area (Å²) in [6, 6.07) is 8.07. The summed E-state index contributed by atoms with van der Waals surface area (Å²) < 4.78 is 19.6. The van der Waals surface area contributed by atoms with E-state index in [9.17, 15) is 0 Å². The molecule has 0 spiro atoms. The van der Waals surface area contributed by atoms with Crippen molar-refractivity contribution in [2.24, 2.45) is 0 Å². The van der Waals surface area contributed by atoms with Crippen molar-refractivity contribution in [2.45, 2.75) is 0 Å². The highest BCUT2D eigenvalue weighted by atomic mass is 79.9. The minimum atomic E-state index is -2.76. The molecule has 0 radical (unpaired) electrons. The fourth-order valence-electron chi connectivity index (χ4n) is 1.98. The standard InChI is InChI=1S/C13H13Br3O3SSi/c1-17-21(18-2,19-3)9-6-4-8(5-7-9)12-10(14)11(15)13(16)20-12/h4-7H,1-3H3. The van der Waals surface area contributed by atoms with Crippen LogP contribution in [0.25, 0.3) is 10.4 Å². The van der Waals surface area contributed by atoms with Crippen LogP contribution in [-0.4, -0.2) is 30.1 Å². The van der Waals surface area contributed by atoms with E-state index in [4.69, 9.17) is 13.3 Å². The van der Waals surface area contributed by atoms with Crippen molar-refractivity contribution in [1.29, 1.82) is 0 Å². The summed E-state index contributed by atoms with van der Waals surface area (Å²) in [7, 11) is 2.06. The van der Waals surface area contributed by atoms with Crippen LogP contribution in [0.5, 0.6) is 0 Å². The van der Waals surface area contributed by atoms with E-state index < -0.39 is 8.80 Å². The second-order valence-corrected chi connectivity index (χ2v) is 10.9. The minimum Gasteiger partial charge on any atom is -0.373 e. The monoisotopic (exact) mass is 514 g/mol. The number of thiophene rings is 1. The van der Waals surface area contributed by atoms with Crippen LogP contribution in [0.4, 0.5) is 0 Å². The van der Waals surface area contributed by atoms with Gasteiger partial charge in [0, 0.05) is 26.5 Å². The molecule has 0 fully saturated rings. The number of hydrogen-bond acceptors (Lipinski definition) is 4. The topological polar surface area (TPSA) is 27.7 Å². The molecule has 8 heteroatoms. The van der Waals surface area contributed by atoms with Gasteiger partial charge in [0.15, 0.2) is 0 Å². The van der Waals surface area contributed by atoms with Crippen molar-refractivity contribution < 1.29 is 13.3 Å². The van der Waals surface area contributed by atoms with Gasteiger partial charge in [-0.25, -0.2) is 0 Å². The molecule has 2 rings (SSSR count). The number of hydrogen-bond donors (Lipinski definition) is 0. The van der Waals surface area contributed by atoms with Gasteiger partial charge in [0.25, 0.3) is 0 Å². The number of benzene rings is 1. The number of rotatable bonds is 5. The molecule has 0 aliphatic rings. The van der Waals surface area contributed by atoms with Crippen LogP contribution < -0.4 is 5.19 Å². The zero-order valence-corrected chi connectivity index (χ0v) is 18.2. The molecular weight excluding hydrogens is 504 g/mol. The quantitative estimate of drug-likeness (QED) is 0.535. The second-order valence-electron chi connectivity index (χ2n) is 4.08. The summed E-state index contributed by atoms with van der Waals surface area (Å²) in [6.07, 6.45) is 0. The lowest BCUT2D eigenvalue weighted by atomic mass is 10.2. The fraction of sp³-hybridized carbons (Fsp3) is 0.231. The molecule has 21 heavy (non-hydrogen) atoms. The van der Waals surface area contributed by atoms with Crippen LogP contribution in [0.3, 0.4) is 0 Å². The Balaban J connectivity index is 2.41. The third-order valence-electron chi connectivity index (χ3n) is 3.06. The first-order valence-electron chi connectivity index (χ1n) is 5.88. The average Bonchev–Trinajstić information content (AvgIpc) is 2.78. The molecule has 0 saturated carbocycles. The first-order valence-corrected chi connectivity index (χ1v) is 10.8. The van der Waals surface area contributed by atoms with Crippen molar-refractivity contribution in [2.75, 3.05) is 21.3 Å². The lowest BCUT2D eigenvalue weighted by molar-refractivity contribution is 0.140. The van der Waals surface area contributed by atoms with Crippen LogP contribution in [0, 0.1) is 0 Å². The maximum Gasteiger partial charge on any atom is 0.536 e. The van der Waals surface area contributed by atoms with Gasteiger partial charge in [0.05, 0.1) is 17.6 Å². The van der Waals surface area contributed by atoms with Gasteiger partial charge in [0.1, 0.15) is 0 Å². The summed E-state index contributed by atoms with van der Waals surface area (Å²) in [6.45, 7) is 0. The van der Waals surface area contributed by atoms with Crippen LogP contribution >= 0.6 is 59.1 Å². The molecule has 0 bridgehead atoms. The Morgan fingerprint density at radius 1 is 0.857 bits per heavy atom. The predicted molar refractivity (Wildman–Crippen MR) is 99.3 cm³/mol. The van der Waals surface area contributed by atoms with E-state index in [1.165, 1.54) is 0 Å². The van der Waals surface area contributed by atoms with Gasteiger partial charge in [-0.3, -0.25) is 0 Å². The maximum absolute atomic E-state index is 5.49. The predicted octanol–water partition coefficient (Wildman–Crippen LogP) is 4.79. The van der Waals surface area contributed by atoms with Gasteiger partial charge in [-0.15, -0.1) is 11.3 Å². The van der Waals surface area contributed by atoms with E-state index in [0.717, 1.165) is 28.4 Å². The summed E-state index contributed by atoms with van der Waals surface area (Å²) >= 11 is 12.3. The van der Waals surface area contributed by atoms with Crippen molar-refractivity contribution in [3.63, 3.8) is 0 Å². The van der Waals surface area contributed by atoms with E-state index >= 15 is 0 Å². The Morgan fingerprint density at radius 2 is 1.38 bits per heavy atom. The zero-order chi connectivity index (χ0) is 15.6. The smallest absolute Gasteiger partial charge is 0.373 e. The van der Waals surface area contributed by atoms with Crippen LogP contribution in [-0.2, 0) is 13.3 Å². The van der Waals surface area contributed by atoms with Crippen molar-refractivity contribution >= 4 is 73.1 Å². The van der Waals surface area contributed by atoms with Gasteiger partial charge >= 0.3 is 8.80 Å². The molecule has 0 N–H and O–H groups in total. The zero-order valence-electron chi connectivity index (χ0n) is 11.6. The van der Waals surface area contributed by atoms with E-state index in [1.807, 2.05) is 24.3 Å². The van der Waals surface area contributed by atoms with Gasteiger partial charge in [0.2, 0.25) is 0 Å². The first-order chi connectivity index (χ1) is 9.99. The maximum atomic E-state index is 5.49. The molecule has 0 saturated heterocycles. The molecule has 114 valence electrons. The van der Waals surface area contributed by atoms with Gasteiger partial charge < -0.3 is 13.3 Å². The van der Waals surface area contributed by atoms with Gasteiger partial charge in [-0.05, 0) is 53.4 Å². The Kier molecular flexibility index (Phi) is 6.23. The Hall–Kier alpha value is 0.457. The van der Waals surface area contributed by atoms with E-state index in [-0.39, 0.29) is 0 Å². The third-order valence-corrected chi connectivity index (χ3v) is 10.8. The van der Waals surface area contributed by atoms with Gasteiger partial charge in [-0.1, -0.05) is 24.3 Å². The summed E-state index contributed by atoms with van der Waals surface area (Å²) in [4.78, 5) is 1.15. The molecule has 1 heterocycles. The third kappa shape index (κ3) is 3.37. The Labute approximate surface area is 154 Å². The normalized spacial score (nSPS) is 11.9. The van der Waals surface area contributed by atoms with Crippen molar-refractivity contribution in [1.82, 2.24) is 0 Å². The minimum absolute atomic E-state index is 0.935. The molecule has 0 amide bonds. The molecule has 1 aromatic heterocycles. The highest BCUT2D eigenvalue weighted by Gasteiger charge is 2.40. The molecular formula is C13H13Br3O3SSi. The second kappa shape index (κ2) is 7.35. The van der Waals surface area contributed by atoms with Gasteiger partial charge in [-0.2, -0.15) is 0 Å². The molecule has 0 aliphatic heterocycles. The molecule has 0 unspecified atom stereocenters. The van der Waals surface area contributed by atoms with Crippen LogP contribution in [0.1, 0.15) is 0 Å². The van der Waals surface area contributed by atoms with Crippen LogP contribution in [0.15, 0.2) is 37.0 Å². The Bertz CT molecular complexity index is 618. The SMILES string of the molecule is CO[Si](OC)(OC)c1ccc(-c2sc(Br)c(Br)c2Br)cc1. The summed E-state index contributed by atoms with van der Waals surface area (Å²) in [5.74, 6) is 0. The van der Waals surface area contributed by atoms with E-state index in [1.54, 1.807) is 32.7 Å². The fourth-order valence-corrected chi connectivity index (χ4v) is 6.90. The summed E-state index contributed by atoms with van der Waals surface area (Å²) in [5, 5.41) is 0.935. The lowest BCUT2D eigenvalue weighted by Gasteiger charge is -2.24. The van der Waals surface area contributed by atoms with E-state index in [0.29, 0.717) is 0 Å². The average molecular weight is 517 g/mol. The molecule has 0 aliphatic carbocycles. The van der Waals surface area contributed by atoms with Crippen LogP contribution in [0.2, 0.25) is 0 Å². The molecule has 2 aromatic rings. The number of halogens is 3. The largest absolute Gasteiger partial charge is 0.536 e. The van der Waals surface area contributed by atoms with E-state index in [2.05, 4.69) is 47.8 Å². The van der Waals surface area contributed by atoms with Crippen molar-refractivity contribution in [3.8, 4) is 10.4 Å². The first kappa shape index (κ1) is 17.8. The Morgan fingerprint density at radius 3 is 1.76 bits per heavy atom. The lowest BCUT2D eigenvalue weighted by Crippen LogP contribution is -2.54. The highest BCUT2D eigenvalue weighted by molar-refractivity contribution is 9.14.